The number of benzene rings is 1. The van der Waals surface area contributed by atoms with Gasteiger partial charge < -0.3 is 9.64 Å². The predicted molar refractivity (Wildman–Crippen MR) is 90.3 cm³/mol. The molecular weight excluding hydrogens is 345 g/mol. The van der Waals surface area contributed by atoms with Gasteiger partial charge in [0, 0.05) is 19.7 Å². The van der Waals surface area contributed by atoms with Crippen LogP contribution in [0.15, 0.2) is 18.2 Å². The number of hydrogen-bond acceptors (Lipinski definition) is 4. The maximum atomic E-state index is 13.2. The standard InChI is InChI=1S/C15H23ClFNO4S/c1-12(2)11-18(15-5-4-13(17)10-14(15)16)6-8-22-7-3-9-23(19,20)21/h4-5,10,12H,3,6-9,11H2,1-2H3,(H,19,20,21). The fraction of sp³-hybridized carbons (Fsp3) is 0.600. The number of ether oxygens (including phenoxy) is 1. The van der Waals surface area contributed by atoms with Gasteiger partial charge in [-0.05, 0) is 30.5 Å². The predicted octanol–water partition coefficient (Wildman–Crippen LogP) is 3.24. The summed E-state index contributed by atoms with van der Waals surface area (Å²) >= 11 is 6.10. The third kappa shape index (κ3) is 8.50. The van der Waals surface area contributed by atoms with E-state index in [0.29, 0.717) is 24.1 Å². The van der Waals surface area contributed by atoms with E-state index in [2.05, 4.69) is 13.8 Å². The van der Waals surface area contributed by atoms with Crippen LogP contribution in [-0.4, -0.2) is 45.0 Å². The summed E-state index contributed by atoms with van der Waals surface area (Å²) in [6, 6.07) is 4.27. The van der Waals surface area contributed by atoms with E-state index in [0.717, 1.165) is 12.2 Å². The van der Waals surface area contributed by atoms with Crippen molar-refractivity contribution in [2.75, 3.05) is 37.0 Å². The van der Waals surface area contributed by atoms with Gasteiger partial charge in [0.05, 0.1) is 23.1 Å². The molecule has 1 aromatic carbocycles. The molecule has 0 unspecified atom stereocenters. The minimum atomic E-state index is -3.94. The van der Waals surface area contributed by atoms with Crippen molar-refractivity contribution in [1.82, 2.24) is 0 Å². The summed E-state index contributed by atoms with van der Waals surface area (Å²) in [5, 5.41) is 0.344. The molecule has 0 atom stereocenters. The van der Waals surface area contributed by atoms with Crippen LogP contribution in [0.3, 0.4) is 0 Å². The third-order valence-electron chi connectivity index (χ3n) is 3.03. The number of nitrogens with zero attached hydrogens (tertiary/aromatic N) is 1. The number of halogens is 2. The van der Waals surface area contributed by atoms with Crippen LogP contribution in [0.1, 0.15) is 20.3 Å². The molecule has 0 fully saturated rings. The Morgan fingerprint density at radius 1 is 1.35 bits per heavy atom. The lowest BCUT2D eigenvalue weighted by Gasteiger charge is -2.27. The van der Waals surface area contributed by atoms with Gasteiger partial charge in [0.15, 0.2) is 0 Å². The average molecular weight is 368 g/mol. The summed E-state index contributed by atoms with van der Waals surface area (Å²) < 4.78 is 48.4. The molecule has 0 aromatic heterocycles. The van der Waals surface area contributed by atoms with Crippen molar-refractivity contribution in [3.8, 4) is 0 Å². The topological polar surface area (TPSA) is 66.8 Å². The van der Waals surface area contributed by atoms with Crippen molar-refractivity contribution in [2.45, 2.75) is 20.3 Å². The summed E-state index contributed by atoms with van der Waals surface area (Å²) in [5.74, 6) is -0.313. The molecule has 5 nitrogen and oxygen atoms in total. The number of rotatable bonds is 10. The van der Waals surface area contributed by atoms with Crippen molar-refractivity contribution in [3.05, 3.63) is 29.0 Å². The summed E-state index contributed by atoms with van der Waals surface area (Å²) in [6.45, 7) is 6.04. The molecule has 0 aliphatic heterocycles. The molecular formula is C15H23ClFNO4S. The van der Waals surface area contributed by atoms with Gasteiger partial charge in [-0.1, -0.05) is 25.4 Å². The first kappa shape index (κ1) is 20.2. The van der Waals surface area contributed by atoms with Crippen molar-refractivity contribution in [1.29, 1.82) is 0 Å². The van der Waals surface area contributed by atoms with Crippen molar-refractivity contribution < 1.29 is 22.1 Å². The Balaban J connectivity index is 2.52. The Kier molecular flexibility index (Phi) is 8.25. The van der Waals surface area contributed by atoms with Gasteiger partial charge in [-0.25, -0.2) is 4.39 Å². The lowest BCUT2D eigenvalue weighted by atomic mass is 10.2. The quantitative estimate of drug-likeness (QED) is 0.508. The van der Waals surface area contributed by atoms with E-state index in [1.807, 2.05) is 4.90 Å². The fourth-order valence-corrected chi connectivity index (χ4v) is 2.88. The molecule has 0 aliphatic rings. The van der Waals surface area contributed by atoms with Crippen molar-refractivity contribution in [3.63, 3.8) is 0 Å². The Morgan fingerprint density at radius 3 is 2.61 bits per heavy atom. The molecule has 0 saturated carbocycles. The number of anilines is 1. The van der Waals surface area contributed by atoms with Gasteiger partial charge >= 0.3 is 0 Å². The Labute approximate surface area is 142 Å². The Morgan fingerprint density at radius 2 is 2.04 bits per heavy atom. The zero-order valence-corrected chi connectivity index (χ0v) is 14.9. The zero-order valence-electron chi connectivity index (χ0n) is 13.3. The van der Waals surface area contributed by atoms with Crippen molar-refractivity contribution in [2.24, 2.45) is 5.92 Å². The molecule has 0 aliphatic carbocycles. The summed E-state index contributed by atoms with van der Waals surface area (Å²) in [5.41, 5.74) is 0.739. The van der Waals surface area contributed by atoms with E-state index >= 15 is 0 Å². The molecule has 0 amide bonds. The number of hydrogen-bond donors (Lipinski definition) is 1. The van der Waals surface area contributed by atoms with Crippen LogP contribution < -0.4 is 4.90 Å². The highest BCUT2D eigenvalue weighted by atomic mass is 35.5. The zero-order chi connectivity index (χ0) is 17.5. The van der Waals surface area contributed by atoms with E-state index in [1.165, 1.54) is 12.1 Å². The van der Waals surface area contributed by atoms with Gasteiger partial charge in [-0.2, -0.15) is 8.42 Å². The molecule has 0 radical (unpaired) electrons. The molecule has 132 valence electrons. The molecule has 23 heavy (non-hydrogen) atoms. The highest BCUT2D eigenvalue weighted by molar-refractivity contribution is 7.85. The van der Waals surface area contributed by atoms with Gasteiger partial charge in [0.1, 0.15) is 5.82 Å². The van der Waals surface area contributed by atoms with Crippen molar-refractivity contribution >= 4 is 27.4 Å². The maximum absolute atomic E-state index is 13.2. The van der Waals surface area contributed by atoms with Crippen LogP contribution >= 0.6 is 11.6 Å². The average Bonchev–Trinajstić information content (AvgIpc) is 2.40. The summed E-state index contributed by atoms with van der Waals surface area (Å²) in [4.78, 5) is 2.01. The maximum Gasteiger partial charge on any atom is 0.264 e. The lowest BCUT2D eigenvalue weighted by molar-refractivity contribution is 0.140. The molecule has 8 heteroatoms. The van der Waals surface area contributed by atoms with E-state index in [1.54, 1.807) is 6.07 Å². The minimum Gasteiger partial charge on any atom is -0.380 e. The molecule has 0 heterocycles. The smallest absolute Gasteiger partial charge is 0.264 e. The lowest BCUT2D eigenvalue weighted by Crippen LogP contribution is -2.31. The van der Waals surface area contributed by atoms with Crippen LogP contribution in [0.2, 0.25) is 5.02 Å². The van der Waals surface area contributed by atoms with Gasteiger partial charge in [-0.3, -0.25) is 4.55 Å². The van der Waals surface area contributed by atoms with Gasteiger partial charge in [-0.15, -0.1) is 0 Å². The van der Waals surface area contributed by atoms with E-state index in [4.69, 9.17) is 20.9 Å². The molecule has 1 rings (SSSR count). The summed E-state index contributed by atoms with van der Waals surface area (Å²) in [6.07, 6.45) is 0.236. The van der Waals surface area contributed by atoms with E-state index in [-0.39, 0.29) is 24.6 Å². The van der Waals surface area contributed by atoms with Crippen LogP contribution in [-0.2, 0) is 14.9 Å². The fourth-order valence-electron chi connectivity index (χ4n) is 2.11. The summed E-state index contributed by atoms with van der Waals surface area (Å²) in [7, 11) is -3.94. The van der Waals surface area contributed by atoms with Crippen LogP contribution in [0.5, 0.6) is 0 Å². The Hall–Kier alpha value is -0.890. The molecule has 1 N–H and O–H groups in total. The van der Waals surface area contributed by atoms with Crippen LogP contribution in [0, 0.1) is 11.7 Å². The molecule has 1 aromatic rings. The Bertz CT molecular complexity index is 595. The molecule has 0 bridgehead atoms. The SMILES string of the molecule is CC(C)CN(CCOCCCS(=O)(=O)O)c1ccc(F)cc1Cl. The largest absolute Gasteiger partial charge is 0.380 e. The van der Waals surface area contributed by atoms with Crippen LogP contribution in [0.25, 0.3) is 0 Å². The monoisotopic (exact) mass is 367 g/mol. The first-order valence-electron chi connectivity index (χ1n) is 7.42. The highest BCUT2D eigenvalue weighted by Crippen LogP contribution is 2.27. The second kappa shape index (κ2) is 9.42. The first-order valence-corrected chi connectivity index (χ1v) is 9.40. The normalized spacial score (nSPS) is 11.9. The highest BCUT2D eigenvalue weighted by Gasteiger charge is 2.13. The minimum absolute atomic E-state index is 0.236. The second-order valence-corrected chi connectivity index (χ2v) is 7.67. The second-order valence-electron chi connectivity index (χ2n) is 5.69. The third-order valence-corrected chi connectivity index (χ3v) is 4.14. The molecule has 0 saturated heterocycles. The first-order chi connectivity index (χ1) is 10.7. The van der Waals surface area contributed by atoms with Gasteiger partial charge in [0.25, 0.3) is 10.1 Å². The van der Waals surface area contributed by atoms with E-state index < -0.39 is 10.1 Å². The molecule has 0 spiro atoms. The van der Waals surface area contributed by atoms with Crippen LogP contribution in [0.4, 0.5) is 10.1 Å². The van der Waals surface area contributed by atoms with Gasteiger partial charge in [0.2, 0.25) is 0 Å². The van der Waals surface area contributed by atoms with E-state index in [9.17, 15) is 12.8 Å².